The molecule has 0 nitrogen and oxygen atoms in total. The summed E-state index contributed by atoms with van der Waals surface area (Å²) >= 11 is 0. The van der Waals surface area contributed by atoms with E-state index in [0.717, 1.165) is 12.0 Å². The Balaban J connectivity index is 4.42. The Hall–Kier alpha value is -0.520. The lowest BCUT2D eigenvalue weighted by atomic mass is 9.72. The molecule has 0 fully saturated rings. The van der Waals surface area contributed by atoms with Crippen molar-refractivity contribution >= 4 is 0 Å². The van der Waals surface area contributed by atoms with E-state index >= 15 is 0 Å². The molecule has 0 rings (SSSR count). The maximum absolute atomic E-state index is 4.01. The first kappa shape index (κ1) is 11.5. The fraction of sp³-hybridized carbons (Fsp3) is 0.667. The van der Waals surface area contributed by atoms with Crippen molar-refractivity contribution in [1.82, 2.24) is 0 Å². The van der Waals surface area contributed by atoms with Gasteiger partial charge in [-0.15, -0.1) is 0 Å². The van der Waals surface area contributed by atoms with Crippen LogP contribution in [0.4, 0.5) is 0 Å². The number of allylic oxidation sites excluding steroid dienone is 2. The standard InChI is InChI=1S/C12H22/c1-8-10(2)12(6,7)9-11(3,4)5/h8H,1-2,9H2,3-7H3. The fourth-order valence-corrected chi connectivity index (χ4v) is 1.72. The van der Waals surface area contributed by atoms with E-state index in [0.29, 0.717) is 5.41 Å². The van der Waals surface area contributed by atoms with Crippen molar-refractivity contribution in [3.8, 4) is 0 Å². The van der Waals surface area contributed by atoms with E-state index in [1.165, 1.54) is 0 Å². The molecule has 0 aliphatic rings. The van der Waals surface area contributed by atoms with E-state index in [9.17, 15) is 0 Å². The number of hydrogen-bond acceptors (Lipinski definition) is 0. The third-order valence-corrected chi connectivity index (χ3v) is 2.09. The number of hydrogen-bond donors (Lipinski definition) is 0. The van der Waals surface area contributed by atoms with Crippen LogP contribution in [0.5, 0.6) is 0 Å². The van der Waals surface area contributed by atoms with Crippen molar-refractivity contribution in [3.05, 3.63) is 24.8 Å². The molecule has 0 aliphatic carbocycles. The van der Waals surface area contributed by atoms with Crippen LogP contribution in [0, 0.1) is 10.8 Å². The SMILES string of the molecule is C=CC(=C)C(C)(C)CC(C)(C)C. The summed E-state index contributed by atoms with van der Waals surface area (Å²) < 4.78 is 0. The summed E-state index contributed by atoms with van der Waals surface area (Å²) in [5, 5.41) is 0. The zero-order valence-electron chi connectivity index (χ0n) is 9.20. The zero-order chi connectivity index (χ0) is 9.99. The first-order valence-electron chi connectivity index (χ1n) is 4.51. The molecule has 0 spiro atoms. The Morgan fingerprint density at radius 2 is 1.58 bits per heavy atom. The molecule has 0 heteroatoms. The zero-order valence-corrected chi connectivity index (χ0v) is 9.20. The Kier molecular flexibility index (Phi) is 3.32. The molecular weight excluding hydrogens is 144 g/mol. The first-order chi connectivity index (χ1) is 5.19. The smallest absolute Gasteiger partial charge is 0.0105 e. The summed E-state index contributed by atoms with van der Waals surface area (Å²) in [4.78, 5) is 0. The van der Waals surface area contributed by atoms with Crippen LogP contribution in [0.3, 0.4) is 0 Å². The maximum Gasteiger partial charge on any atom is -0.0105 e. The second-order valence-electron chi connectivity index (χ2n) is 5.35. The number of rotatable bonds is 3. The van der Waals surface area contributed by atoms with E-state index in [2.05, 4.69) is 47.8 Å². The van der Waals surface area contributed by atoms with E-state index < -0.39 is 0 Å². The molecule has 0 atom stereocenters. The van der Waals surface area contributed by atoms with Crippen LogP contribution < -0.4 is 0 Å². The van der Waals surface area contributed by atoms with E-state index in [-0.39, 0.29) is 5.41 Å². The molecule has 0 bridgehead atoms. The summed E-state index contributed by atoms with van der Waals surface area (Å²) in [7, 11) is 0. The van der Waals surface area contributed by atoms with Gasteiger partial charge in [-0.2, -0.15) is 0 Å². The third kappa shape index (κ3) is 3.75. The van der Waals surface area contributed by atoms with Crippen molar-refractivity contribution in [1.29, 1.82) is 0 Å². The molecule has 0 radical (unpaired) electrons. The molecule has 0 N–H and O–H groups in total. The van der Waals surface area contributed by atoms with Gasteiger partial charge in [-0.3, -0.25) is 0 Å². The van der Waals surface area contributed by atoms with Crippen molar-refractivity contribution in [2.75, 3.05) is 0 Å². The van der Waals surface area contributed by atoms with E-state index in [1.54, 1.807) is 0 Å². The third-order valence-electron chi connectivity index (χ3n) is 2.09. The second-order valence-corrected chi connectivity index (χ2v) is 5.35. The van der Waals surface area contributed by atoms with Gasteiger partial charge < -0.3 is 0 Å². The van der Waals surface area contributed by atoms with Crippen LogP contribution in [-0.4, -0.2) is 0 Å². The minimum atomic E-state index is 0.181. The lowest BCUT2D eigenvalue weighted by Crippen LogP contribution is -2.21. The first-order valence-corrected chi connectivity index (χ1v) is 4.51. The quantitative estimate of drug-likeness (QED) is 0.551. The largest absolute Gasteiger partial charge is 0.0988 e. The average molecular weight is 166 g/mol. The van der Waals surface area contributed by atoms with Crippen LogP contribution in [0.1, 0.15) is 41.0 Å². The Labute approximate surface area is 77.4 Å². The van der Waals surface area contributed by atoms with Crippen LogP contribution in [0.2, 0.25) is 0 Å². The molecule has 0 heterocycles. The van der Waals surface area contributed by atoms with Gasteiger partial charge in [0, 0.05) is 0 Å². The van der Waals surface area contributed by atoms with Gasteiger partial charge in [-0.05, 0) is 17.3 Å². The average Bonchev–Trinajstić information content (AvgIpc) is 1.80. The summed E-state index contributed by atoms with van der Waals surface area (Å²) in [6.45, 7) is 19.0. The van der Waals surface area contributed by atoms with Gasteiger partial charge in [-0.25, -0.2) is 0 Å². The Morgan fingerprint density at radius 3 is 1.83 bits per heavy atom. The minimum Gasteiger partial charge on any atom is -0.0988 e. The van der Waals surface area contributed by atoms with Crippen molar-refractivity contribution in [2.24, 2.45) is 10.8 Å². The molecule has 0 saturated heterocycles. The lowest BCUT2D eigenvalue weighted by Gasteiger charge is -2.33. The van der Waals surface area contributed by atoms with E-state index in [4.69, 9.17) is 0 Å². The van der Waals surface area contributed by atoms with E-state index in [1.807, 2.05) is 6.08 Å². The van der Waals surface area contributed by atoms with Gasteiger partial charge in [-0.1, -0.05) is 59.4 Å². The predicted octanol–water partition coefficient (Wildman–Crippen LogP) is 4.19. The second kappa shape index (κ2) is 3.47. The Bertz CT molecular complexity index is 177. The molecule has 0 amide bonds. The molecular formula is C12H22. The van der Waals surface area contributed by atoms with Gasteiger partial charge in [0.1, 0.15) is 0 Å². The van der Waals surface area contributed by atoms with Crippen LogP contribution in [0.25, 0.3) is 0 Å². The fourth-order valence-electron chi connectivity index (χ4n) is 1.72. The van der Waals surface area contributed by atoms with Crippen LogP contribution in [0.15, 0.2) is 24.8 Å². The van der Waals surface area contributed by atoms with Crippen molar-refractivity contribution in [2.45, 2.75) is 41.0 Å². The van der Waals surface area contributed by atoms with Crippen molar-refractivity contribution in [3.63, 3.8) is 0 Å². The van der Waals surface area contributed by atoms with Gasteiger partial charge in [0.25, 0.3) is 0 Å². The van der Waals surface area contributed by atoms with Crippen LogP contribution in [-0.2, 0) is 0 Å². The highest BCUT2D eigenvalue weighted by Crippen LogP contribution is 2.38. The molecule has 0 aromatic carbocycles. The monoisotopic (exact) mass is 166 g/mol. The molecule has 70 valence electrons. The van der Waals surface area contributed by atoms with Gasteiger partial charge >= 0.3 is 0 Å². The minimum absolute atomic E-state index is 0.181. The summed E-state index contributed by atoms with van der Waals surface area (Å²) in [5.41, 5.74) is 1.67. The highest BCUT2D eigenvalue weighted by Gasteiger charge is 2.26. The summed E-state index contributed by atoms with van der Waals surface area (Å²) in [6, 6.07) is 0. The lowest BCUT2D eigenvalue weighted by molar-refractivity contribution is 0.254. The topological polar surface area (TPSA) is 0 Å². The highest BCUT2D eigenvalue weighted by atomic mass is 14.3. The summed E-state index contributed by atoms with van der Waals surface area (Å²) in [6.07, 6.45) is 3.01. The molecule has 0 aromatic rings. The summed E-state index contributed by atoms with van der Waals surface area (Å²) in [5.74, 6) is 0. The predicted molar refractivity (Wildman–Crippen MR) is 57.2 cm³/mol. The molecule has 0 unspecified atom stereocenters. The van der Waals surface area contributed by atoms with Crippen LogP contribution >= 0.6 is 0 Å². The van der Waals surface area contributed by atoms with Gasteiger partial charge in [0.2, 0.25) is 0 Å². The van der Waals surface area contributed by atoms with Gasteiger partial charge in [0.05, 0.1) is 0 Å². The maximum atomic E-state index is 4.01. The van der Waals surface area contributed by atoms with Gasteiger partial charge in [0.15, 0.2) is 0 Å². The normalized spacial score (nSPS) is 12.8. The molecule has 12 heavy (non-hydrogen) atoms. The molecule has 0 saturated carbocycles. The molecule has 0 aliphatic heterocycles. The van der Waals surface area contributed by atoms with Crippen molar-refractivity contribution < 1.29 is 0 Å². The molecule has 0 aromatic heterocycles. The highest BCUT2D eigenvalue weighted by molar-refractivity contribution is 5.19. The Morgan fingerprint density at radius 1 is 1.17 bits per heavy atom.